The summed E-state index contributed by atoms with van der Waals surface area (Å²) in [6.07, 6.45) is 4.75. The Kier molecular flexibility index (Phi) is 6.29. The van der Waals surface area contributed by atoms with E-state index in [2.05, 4.69) is 36.2 Å². The maximum Gasteiger partial charge on any atom is 0.257 e. The smallest absolute Gasteiger partial charge is 0.257 e. The molecule has 6 nitrogen and oxygen atoms in total. The van der Waals surface area contributed by atoms with Gasteiger partial charge in [-0.05, 0) is 30.0 Å². The molecular formula is C21H27N3O3. The quantitative estimate of drug-likeness (QED) is 0.850. The number of hydrogen-bond acceptors (Lipinski definition) is 4. The summed E-state index contributed by atoms with van der Waals surface area (Å²) < 4.78 is 4.98. The first-order valence-corrected chi connectivity index (χ1v) is 9.56. The van der Waals surface area contributed by atoms with Gasteiger partial charge in [0, 0.05) is 31.9 Å². The maximum atomic E-state index is 12.6. The van der Waals surface area contributed by atoms with E-state index < -0.39 is 0 Å². The van der Waals surface area contributed by atoms with E-state index in [9.17, 15) is 9.59 Å². The summed E-state index contributed by atoms with van der Waals surface area (Å²) >= 11 is 0. The van der Waals surface area contributed by atoms with Crippen LogP contribution < -0.4 is 5.32 Å². The fourth-order valence-electron chi connectivity index (χ4n) is 3.46. The molecule has 2 aromatic rings. The average Bonchev–Trinajstić information content (AvgIpc) is 3.23. The number of anilines is 1. The zero-order valence-electron chi connectivity index (χ0n) is 16.0. The highest BCUT2D eigenvalue weighted by atomic mass is 16.3. The van der Waals surface area contributed by atoms with Crippen molar-refractivity contribution in [3.63, 3.8) is 0 Å². The molecule has 0 bridgehead atoms. The number of hydrogen-bond donors (Lipinski definition) is 1. The largest absolute Gasteiger partial charge is 0.472 e. The van der Waals surface area contributed by atoms with Gasteiger partial charge in [-0.25, -0.2) is 0 Å². The van der Waals surface area contributed by atoms with Crippen LogP contribution in [0.4, 0.5) is 5.69 Å². The van der Waals surface area contributed by atoms with Gasteiger partial charge in [0.1, 0.15) is 6.26 Å². The number of para-hydroxylation sites is 1. The molecule has 1 aromatic carbocycles. The second-order valence-electron chi connectivity index (χ2n) is 6.79. The number of carbonyl (C=O) groups is 2. The van der Waals surface area contributed by atoms with Gasteiger partial charge in [-0.3, -0.25) is 14.5 Å². The molecule has 0 saturated carbocycles. The highest BCUT2D eigenvalue weighted by molar-refractivity contribution is 5.94. The zero-order chi connectivity index (χ0) is 19.2. The van der Waals surface area contributed by atoms with E-state index in [4.69, 9.17) is 4.42 Å². The van der Waals surface area contributed by atoms with E-state index in [0.717, 1.165) is 18.5 Å². The molecule has 1 aliphatic heterocycles. The van der Waals surface area contributed by atoms with Gasteiger partial charge >= 0.3 is 0 Å². The number of furan rings is 1. The fraction of sp³-hybridized carbons (Fsp3) is 0.429. The van der Waals surface area contributed by atoms with Crippen molar-refractivity contribution in [1.82, 2.24) is 9.80 Å². The van der Waals surface area contributed by atoms with Crippen molar-refractivity contribution in [1.29, 1.82) is 0 Å². The zero-order valence-corrected chi connectivity index (χ0v) is 16.0. The lowest BCUT2D eigenvalue weighted by molar-refractivity contribution is -0.117. The first-order chi connectivity index (χ1) is 13.1. The molecule has 1 N–H and O–H groups in total. The normalized spacial score (nSPS) is 15.0. The third kappa shape index (κ3) is 4.57. The van der Waals surface area contributed by atoms with Crippen LogP contribution in [0.3, 0.4) is 0 Å². The Bertz CT molecular complexity index is 756. The molecule has 0 spiro atoms. The van der Waals surface area contributed by atoms with Gasteiger partial charge in [-0.2, -0.15) is 0 Å². The summed E-state index contributed by atoms with van der Waals surface area (Å²) in [4.78, 5) is 28.8. The van der Waals surface area contributed by atoms with E-state index in [1.54, 1.807) is 11.0 Å². The molecule has 0 aliphatic carbocycles. The monoisotopic (exact) mass is 369 g/mol. The lowest BCUT2D eigenvalue weighted by atomic mass is 10.0. The van der Waals surface area contributed by atoms with Gasteiger partial charge in [0.15, 0.2) is 0 Å². The van der Waals surface area contributed by atoms with Crippen molar-refractivity contribution >= 4 is 17.5 Å². The fourth-order valence-corrected chi connectivity index (χ4v) is 3.46. The van der Waals surface area contributed by atoms with Gasteiger partial charge in [0.2, 0.25) is 5.91 Å². The molecule has 27 heavy (non-hydrogen) atoms. The van der Waals surface area contributed by atoms with E-state index in [0.29, 0.717) is 38.3 Å². The van der Waals surface area contributed by atoms with Crippen LogP contribution in [0.15, 0.2) is 41.2 Å². The van der Waals surface area contributed by atoms with Crippen LogP contribution in [-0.4, -0.2) is 54.3 Å². The van der Waals surface area contributed by atoms with Crippen LogP contribution >= 0.6 is 0 Å². The Morgan fingerprint density at radius 3 is 2.26 bits per heavy atom. The van der Waals surface area contributed by atoms with Crippen molar-refractivity contribution in [2.24, 2.45) is 0 Å². The van der Waals surface area contributed by atoms with Crippen molar-refractivity contribution in [3.8, 4) is 0 Å². The molecule has 1 saturated heterocycles. The number of rotatable bonds is 6. The van der Waals surface area contributed by atoms with Crippen LogP contribution in [0, 0.1) is 0 Å². The van der Waals surface area contributed by atoms with E-state index in [1.165, 1.54) is 23.7 Å². The van der Waals surface area contributed by atoms with Gasteiger partial charge in [-0.1, -0.05) is 32.0 Å². The van der Waals surface area contributed by atoms with Crippen molar-refractivity contribution in [3.05, 3.63) is 53.5 Å². The summed E-state index contributed by atoms with van der Waals surface area (Å²) in [6.45, 7) is 7.14. The third-order valence-corrected chi connectivity index (χ3v) is 5.06. The molecule has 2 amide bonds. The Labute approximate surface area is 160 Å². The Hall–Kier alpha value is -2.60. The highest BCUT2D eigenvalue weighted by Crippen LogP contribution is 2.22. The third-order valence-electron chi connectivity index (χ3n) is 5.06. The summed E-state index contributed by atoms with van der Waals surface area (Å²) in [7, 11) is 0. The topological polar surface area (TPSA) is 65.8 Å². The van der Waals surface area contributed by atoms with Crippen molar-refractivity contribution in [2.75, 3.05) is 38.0 Å². The predicted molar refractivity (Wildman–Crippen MR) is 105 cm³/mol. The van der Waals surface area contributed by atoms with Crippen LogP contribution in [0.5, 0.6) is 0 Å². The van der Waals surface area contributed by atoms with E-state index in [-0.39, 0.29) is 11.8 Å². The van der Waals surface area contributed by atoms with Crippen LogP contribution in [-0.2, 0) is 17.6 Å². The summed E-state index contributed by atoms with van der Waals surface area (Å²) in [6, 6.07) is 7.85. The number of benzene rings is 1. The standard InChI is InChI=1S/C21H27N3O3/c1-3-16-6-5-7-17(4-2)20(16)22-19(25)14-23-9-11-24(12-10-23)21(26)18-8-13-27-15-18/h5-8,13,15H,3-4,9-12,14H2,1-2H3,(H,22,25). The first-order valence-electron chi connectivity index (χ1n) is 9.56. The Morgan fingerprint density at radius 1 is 1.04 bits per heavy atom. The minimum absolute atomic E-state index is 0.000195. The molecule has 144 valence electrons. The highest BCUT2D eigenvalue weighted by Gasteiger charge is 2.24. The number of nitrogens with zero attached hydrogens (tertiary/aromatic N) is 2. The minimum Gasteiger partial charge on any atom is -0.472 e. The number of amides is 2. The van der Waals surface area contributed by atoms with Gasteiger partial charge < -0.3 is 14.6 Å². The first kappa shape index (κ1) is 19.2. The Morgan fingerprint density at radius 2 is 1.70 bits per heavy atom. The van der Waals surface area contributed by atoms with Gasteiger partial charge in [0.05, 0.1) is 18.4 Å². The Balaban J connectivity index is 1.54. The minimum atomic E-state index is -0.0164. The van der Waals surface area contributed by atoms with Gasteiger partial charge in [-0.15, -0.1) is 0 Å². The van der Waals surface area contributed by atoms with Crippen molar-refractivity contribution < 1.29 is 14.0 Å². The lowest BCUT2D eigenvalue weighted by Crippen LogP contribution is -2.50. The second kappa shape index (κ2) is 8.86. The van der Waals surface area contributed by atoms with Crippen LogP contribution in [0.25, 0.3) is 0 Å². The molecule has 0 radical (unpaired) electrons. The molecular weight excluding hydrogens is 342 g/mol. The van der Waals surface area contributed by atoms with Crippen LogP contribution in [0.2, 0.25) is 0 Å². The maximum absolute atomic E-state index is 12.6. The van der Waals surface area contributed by atoms with Crippen molar-refractivity contribution in [2.45, 2.75) is 26.7 Å². The summed E-state index contributed by atoms with van der Waals surface area (Å²) in [5.74, 6) is -0.0162. The van der Waals surface area contributed by atoms with E-state index >= 15 is 0 Å². The molecule has 0 atom stereocenters. The lowest BCUT2D eigenvalue weighted by Gasteiger charge is -2.34. The molecule has 1 aromatic heterocycles. The summed E-state index contributed by atoms with van der Waals surface area (Å²) in [5, 5.41) is 3.11. The number of aryl methyl sites for hydroxylation is 2. The van der Waals surface area contributed by atoms with Gasteiger partial charge in [0.25, 0.3) is 5.91 Å². The SMILES string of the molecule is CCc1cccc(CC)c1NC(=O)CN1CCN(C(=O)c2ccoc2)CC1. The molecule has 2 heterocycles. The number of piperazine rings is 1. The molecule has 6 heteroatoms. The molecule has 0 unspecified atom stereocenters. The summed E-state index contributed by atoms with van der Waals surface area (Å²) in [5.41, 5.74) is 3.86. The number of nitrogens with one attached hydrogen (secondary N) is 1. The molecule has 1 aliphatic rings. The second-order valence-corrected chi connectivity index (χ2v) is 6.79. The molecule has 1 fully saturated rings. The molecule has 3 rings (SSSR count). The predicted octanol–water partition coefficient (Wildman–Crippen LogP) is 2.80. The van der Waals surface area contributed by atoms with E-state index in [1.807, 2.05) is 6.07 Å². The average molecular weight is 369 g/mol. The number of carbonyl (C=O) groups excluding carboxylic acids is 2. The van der Waals surface area contributed by atoms with Crippen LogP contribution in [0.1, 0.15) is 35.3 Å².